The Kier molecular flexibility index (Phi) is 30.1. The summed E-state index contributed by atoms with van der Waals surface area (Å²) in [6.07, 6.45) is 3.10. The fraction of sp³-hybridized carbons (Fsp3) is 0.617. The topological polar surface area (TPSA) is 462 Å². The van der Waals surface area contributed by atoms with Gasteiger partial charge in [0.05, 0.1) is 18.7 Å². The van der Waals surface area contributed by atoms with E-state index in [2.05, 4.69) is 47.5 Å². The molecule has 8 atom stereocenters. The number of aliphatic hydroxyl groups excluding tert-OH is 1. The molecular formula is C47H79ClN16O11. The van der Waals surface area contributed by atoms with Gasteiger partial charge < -0.3 is 92.0 Å². The highest BCUT2D eigenvalue weighted by Crippen LogP contribution is 2.21. The van der Waals surface area contributed by atoms with Crippen molar-refractivity contribution in [3.05, 3.63) is 46.6 Å². The Hall–Kier alpha value is -6.49. The summed E-state index contributed by atoms with van der Waals surface area (Å²) in [5.41, 5.74) is 33.8. The molecule has 1 heterocycles. The SMILES string of the molecule is CNCCCC[C@H](N)C(=O)N[C@H](C(=O)N[C@@H](C)C(=O)NCC(=O)N[C@H](CCCN)C(=O)N1CCC[C@H]1C(=O)NC(Cc1ccc(Cl)cc1)C(=O)N[C@@H](CCCCN)C(=O)N/C(=C\CCN=C(N)N)C(=O)O)[C@@H](O)CN. The maximum atomic E-state index is 14.2. The van der Waals surface area contributed by atoms with Gasteiger partial charge in [-0.15, -0.1) is 0 Å². The molecule has 27 nitrogen and oxygen atoms in total. The molecule has 0 bridgehead atoms. The van der Waals surface area contributed by atoms with Crippen molar-refractivity contribution in [1.29, 1.82) is 0 Å². The van der Waals surface area contributed by atoms with Gasteiger partial charge in [-0.25, -0.2) is 4.79 Å². The number of hydrogen-bond donors (Lipinski definition) is 16. The number of nitrogens with two attached hydrogens (primary N) is 6. The standard InChI is InChI=1S/C47H79ClN16O11/c1-27(58-44(72)38(36(65)25-51)63-40(68)30(52)10-4-6-21-55-2)39(67)57-26-37(66)59-32(12-7-20-50)45(73)64-23-9-14-35(64)43(71)62-34(24-28-15-17-29(48)18-16-28)42(70)60-31(11-3-5-19-49)41(69)61-33(46(74)75)13-8-22-56-47(53)54/h13,15-18,27,30-32,34-36,38,55,65H,3-12,14,19-26,49-52H2,1-2H3,(H,57,67)(H,58,72)(H,59,66)(H,60,70)(H,61,69)(H,62,71)(H,63,68)(H,74,75)(H4,53,54,56)/b33-13-/t27-,30-,31-,32+,34?,35-,36-,38-/m0/s1. The van der Waals surface area contributed by atoms with Crippen LogP contribution in [0.3, 0.4) is 0 Å². The van der Waals surface area contributed by atoms with Crippen LogP contribution in [-0.2, 0) is 49.6 Å². The number of carbonyl (C=O) groups is 9. The highest BCUT2D eigenvalue weighted by molar-refractivity contribution is 6.30. The molecule has 1 unspecified atom stereocenters. The first kappa shape index (κ1) is 64.6. The molecule has 1 aromatic carbocycles. The van der Waals surface area contributed by atoms with Gasteiger partial charge in [-0.2, -0.15) is 0 Å². The number of rotatable bonds is 35. The Morgan fingerprint density at radius 1 is 0.800 bits per heavy atom. The molecule has 1 saturated heterocycles. The third kappa shape index (κ3) is 23.7. The van der Waals surface area contributed by atoms with Crippen LogP contribution in [0.4, 0.5) is 0 Å². The second-order valence-corrected chi connectivity index (χ2v) is 18.4. The van der Waals surface area contributed by atoms with Crippen LogP contribution in [0.15, 0.2) is 41.0 Å². The number of unbranched alkanes of at least 4 members (excludes halogenated alkanes) is 2. The minimum Gasteiger partial charge on any atom is -0.477 e. The average Bonchev–Trinajstić information content (AvgIpc) is 3.88. The van der Waals surface area contributed by atoms with E-state index in [9.17, 15) is 53.4 Å². The van der Waals surface area contributed by atoms with E-state index in [0.717, 1.165) is 13.0 Å². The van der Waals surface area contributed by atoms with Crippen molar-refractivity contribution in [3.8, 4) is 0 Å². The zero-order valence-electron chi connectivity index (χ0n) is 42.7. The van der Waals surface area contributed by atoms with E-state index >= 15 is 0 Å². The molecule has 1 aliphatic heterocycles. The molecule has 0 saturated carbocycles. The Morgan fingerprint density at radius 3 is 2.09 bits per heavy atom. The van der Waals surface area contributed by atoms with Crippen LogP contribution in [0, 0.1) is 0 Å². The number of halogens is 1. The maximum Gasteiger partial charge on any atom is 0.352 e. The quantitative estimate of drug-likeness (QED) is 0.0131. The molecular weight excluding hydrogens is 1000 g/mol. The fourth-order valence-corrected chi connectivity index (χ4v) is 7.85. The van der Waals surface area contributed by atoms with Crippen molar-refractivity contribution in [2.75, 3.05) is 52.9 Å². The third-order valence-corrected chi connectivity index (χ3v) is 12.2. The smallest absolute Gasteiger partial charge is 0.352 e. The van der Waals surface area contributed by atoms with Gasteiger partial charge in [0.2, 0.25) is 47.3 Å². The first-order chi connectivity index (χ1) is 35.7. The van der Waals surface area contributed by atoms with Crippen LogP contribution in [0.25, 0.3) is 0 Å². The van der Waals surface area contributed by atoms with E-state index < -0.39 is 120 Å². The number of aliphatic hydroxyl groups is 1. The fourth-order valence-electron chi connectivity index (χ4n) is 7.73. The van der Waals surface area contributed by atoms with Crippen LogP contribution in [-0.4, -0.2) is 176 Å². The second kappa shape index (κ2) is 34.9. The molecule has 0 spiro atoms. The van der Waals surface area contributed by atoms with Gasteiger partial charge in [0.15, 0.2) is 5.96 Å². The third-order valence-electron chi connectivity index (χ3n) is 11.9. The number of guanidine groups is 1. The van der Waals surface area contributed by atoms with Crippen LogP contribution >= 0.6 is 11.6 Å². The lowest BCUT2D eigenvalue weighted by atomic mass is 10.0. The number of nitrogens with zero attached hydrogens (tertiary/aromatic N) is 2. The molecule has 0 radical (unpaired) electrons. The predicted molar refractivity (Wildman–Crippen MR) is 279 cm³/mol. The first-order valence-corrected chi connectivity index (χ1v) is 25.4. The summed E-state index contributed by atoms with van der Waals surface area (Å²) in [5.74, 6) is -7.94. The molecule has 22 N–H and O–H groups in total. The van der Waals surface area contributed by atoms with Crippen molar-refractivity contribution in [2.24, 2.45) is 39.4 Å². The molecule has 8 amide bonds. The number of aliphatic carboxylic acids is 1. The average molecular weight is 1080 g/mol. The first-order valence-electron chi connectivity index (χ1n) is 25.0. The molecule has 1 aliphatic rings. The Balaban J connectivity index is 2.24. The highest BCUT2D eigenvalue weighted by atomic mass is 35.5. The highest BCUT2D eigenvalue weighted by Gasteiger charge is 2.39. The molecule has 0 aliphatic carbocycles. The van der Waals surface area contributed by atoms with Gasteiger partial charge in [-0.05, 0) is 116 Å². The number of carboxylic acid groups (broad SMARTS) is 1. The number of nitrogens with one attached hydrogen (secondary N) is 8. The molecule has 0 aromatic heterocycles. The molecule has 75 heavy (non-hydrogen) atoms. The Morgan fingerprint density at radius 2 is 1.47 bits per heavy atom. The summed E-state index contributed by atoms with van der Waals surface area (Å²) >= 11 is 6.12. The summed E-state index contributed by atoms with van der Waals surface area (Å²) in [6, 6.07) is -2.31. The number of benzene rings is 1. The van der Waals surface area contributed by atoms with Gasteiger partial charge in [0, 0.05) is 31.1 Å². The summed E-state index contributed by atoms with van der Waals surface area (Å²) < 4.78 is 0. The number of hydrogen-bond acceptors (Lipinski definition) is 16. The van der Waals surface area contributed by atoms with E-state index in [1.165, 1.54) is 17.9 Å². The lowest BCUT2D eigenvalue weighted by Gasteiger charge is -2.30. The molecule has 1 fully saturated rings. The van der Waals surface area contributed by atoms with Crippen LogP contribution in [0.1, 0.15) is 83.1 Å². The number of amides is 8. The summed E-state index contributed by atoms with van der Waals surface area (Å²) in [4.78, 5) is 126. The van der Waals surface area contributed by atoms with E-state index in [1.807, 2.05) is 0 Å². The molecule has 28 heteroatoms. The zero-order chi connectivity index (χ0) is 56.0. The Labute approximate surface area is 441 Å². The second-order valence-electron chi connectivity index (χ2n) is 17.9. The van der Waals surface area contributed by atoms with E-state index in [4.69, 9.17) is 46.0 Å². The van der Waals surface area contributed by atoms with Gasteiger partial charge in [0.1, 0.15) is 41.9 Å². The van der Waals surface area contributed by atoms with E-state index in [1.54, 1.807) is 31.3 Å². The molecule has 420 valence electrons. The lowest BCUT2D eigenvalue weighted by molar-refractivity contribution is -0.142. The minimum absolute atomic E-state index is 0.0405. The number of aliphatic imine (C=N–C) groups is 1. The van der Waals surface area contributed by atoms with E-state index in [-0.39, 0.29) is 70.7 Å². The largest absolute Gasteiger partial charge is 0.477 e. The summed E-state index contributed by atoms with van der Waals surface area (Å²) in [6.45, 7) is 1.52. The zero-order valence-corrected chi connectivity index (χ0v) is 43.5. The lowest BCUT2D eigenvalue weighted by Crippen LogP contribution is -2.60. The van der Waals surface area contributed by atoms with Crippen molar-refractivity contribution in [1.82, 2.24) is 47.4 Å². The Bertz CT molecular complexity index is 2110. The number of carbonyl (C=O) groups excluding carboxylic acids is 8. The van der Waals surface area contributed by atoms with Crippen LogP contribution in [0.5, 0.6) is 0 Å². The summed E-state index contributed by atoms with van der Waals surface area (Å²) in [5, 5.41) is 41.2. The van der Waals surface area contributed by atoms with Crippen molar-refractivity contribution < 1.29 is 53.4 Å². The minimum atomic E-state index is -1.55. The normalized spacial score (nSPS) is 16.1. The molecule has 2 rings (SSSR count). The maximum absolute atomic E-state index is 14.2. The van der Waals surface area contributed by atoms with Crippen LogP contribution in [0.2, 0.25) is 5.02 Å². The monoisotopic (exact) mass is 1080 g/mol. The summed E-state index contributed by atoms with van der Waals surface area (Å²) in [7, 11) is 1.79. The molecule has 1 aromatic rings. The van der Waals surface area contributed by atoms with Gasteiger partial charge in [-0.1, -0.05) is 36.2 Å². The van der Waals surface area contributed by atoms with Crippen molar-refractivity contribution >= 4 is 70.8 Å². The number of likely N-dealkylation sites (tertiary alicyclic amines) is 1. The van der Waals surface area contributed by atoms with E-state index in [0.29, 0.717) is 42.7 Å². The number of carboxylic acids is 1. The van der Waals surface area contributed by atoms with Crippen molar-refractivity contribution in [2.45, 2.75) is 132 Å². The predicted octanol–water partition coefficient (Wildman–Crippen LogP) is -4.91. The van der Waals surface area contributed by atoms with Gasteiger partial charge in [0.25, 0.3) is 0 Å². The van der Waals surface area contributed by atoms with Crippen molar-refractivity contribution in [3.63, 3.8) is 0 Å². The van der Waals surface area contributed by atoms with Gasteiger partial charge in [-0.3, -0.25) is 43.3 Å². The van der Waals surface area contributed by atoms with Crippen LogP contribution < -0.4 is 76.9 Å². The van der Waals surface area contributed by atoms with Gasteiger partial charge >= 0.3 is 5.97 Å².